The number of fused-ring (bicyclic) bond motifs is 1. The molecule has 0 saturated carbocycles. The van der Waals surface area contributed by atoms with E-state index in [2.05, 4.69) is 20.6 Å². The van der Waals surface area contributed by atoms with Crippen LogP contribution in [0.4, 0.5) is 10.1 Å². The maximum Gasteiger partial charge on any atom is 0.216 e. The molecule has 0 spiro atoms. The van der Waals surface area contributed by atoms with E-state index in [4.69, 9.17) is 13.9 Å². The second-order valence-electron chi connectivity index (χ2n) is 7.52. The van der Waals surface area contributed by atoms with Gasteiger partial charge < -0.3 is 24.5 Å². The molecule has 0 bridgehead atoms. The monoisotopic (exact) mass is 566 g/mol. The van der Waals surface area contributed by atoms with Gasteiger partial charge in [0, 0.05) is 24.7 Å². The van der Waals surface area contributed by atoms with E-state index < -0.39 is 0 Å². The smallest absolute Gasteiger partial charge is 0.216 e. The first-order chi connectivity index (χ1) is 15.6. The largest absolute Gasteiger partial charge is 0.490 e. The lowest BCUT2D eigenvalue weighted by Crippen LogP contribution is -2.32. The van der Waals surface area contributed by atoms with Crippen LogP contribution >= 0.6 is 24.0 Å². The number of benzene rings is 2. The molecule has 3 aromatic rings. The van der Waals surface area contributed by atoms with Crippen molar-refractivity contribution in [1.29, 1.82) is 0 Å². The Labute approximate surface area is 209 Å². The van der Waals surface area contributed by atoms with E-state index in [1.807, 2.05) is 38.1 Å². The second-order valence-corrected chi connectivity index (χ2v) is 7.52. The number of halogens is 2. The molecule has 0 unspecified atom stereocenters. The van der Waals surface area contributed by atoms with E-state index >= 15 is 0 Å². The molecule has 2 aromatic carbocycles. The minimum atomic E-state index is -0.214. The summed E-state index contributed by atoms with van der Waals surface area (Å²) in [6.45, 7) is 5.80. The molecule has 176 valence electrons. The number of ether oxygens (including phenoxy) is 2. The van der Waals surface area contributed by atoms with E-state index in [0.717, 1.165) is 29.3 Å². The number of oxazole rings is 1. The summed E-state index contributed by atoms with van der Waals surface area (Å²) in [5.41, 5.74) is 2.29. The Kier molecular flexibility index (Phi) is 8.93. The summed E-state index contributed by atoms with van der Waals surface area (Å²) in [5.74, 6) is 3.05. The summed E-state index contributed by atoms with van der Waals surface area (Å²) in [6.07, 6.45) is 1.36. The molecule has 2 heterocycles. The number of nitrogens with zero attached hydrogens (tertiary/aromatic N) is 2. The van der Waals surface area contributed by atoms with Gasteiger partial charge in [-0.1, -0.05) is 18.2 Å². The molecule has 1 aromatic heterocycles. The number of aryl methyl sites for hydroxylation is 2. The average molecular weight is 566 g/mol. The Bertz CT molecular complexity index is 1080. The first-order valence-corrected chi connectivity index (χ1v) is 10.7. The zero-order valence-electron chi connectivity index (χ0n) is 18.7. The van der Waals surface area contributed by atoms with Crippen LogP contribution in [0.15, 0.2) is 51.9 Å². The van der Waals surface area contributed by atoms with Gasteiger partial charge in [-0.15, -0.1) is 24.0 Å². The average Bonchev–Trinajstić information content (AvgIpc) is 2.97. The number of nitrogens with one attached hydrogen (secondary N) is 2. The molecule has 1 aliphatic rings. The molecule has 1 aliphatic heterocycles. The Morgan fingerprint density at radius 1 is 1.09 bits per heavy atom. The van der Waals surface area contributed by atoms with Crippen LogP contribution in [-0.2, 0) is 13.0 Å². The van der Waals surface area contributed by atoms with Gasteiger partial charge in [-0.25, -0.2) is 14.4 Å². The van der Waals surface area contributed by atoms with E-state index in [1.165, 1.54) is 6.07 Å². The SMILES string of the molecule is Cc1nc(CN=C(NCCc2ccccc2F)Nc2ccc3c(c2)OCCCO3)oc1C.I. The van der Waals surface area contributed by atoms with Crippen LogP contribution < -0.4 is 20.1 Å². The standard InChI is InChI=1S/C24H27FN4O3.HI/c1-16-17(2)32-23(28-16)15-27-24(26-11-10-18-6-3-4-7-20(18)25)29-19-8-9-21-22(14-19)31-13-5-12-30-21;/h3-4,6-9,14H,5,10-13,15H2,1-2H3,(H2,26,27,29);1H. The first-order valence-electron chi connectivity index (χ1n) is 10.7. The Morgan fingerprint density at radius 3 is 2.64 bits per heavy atom. The molecule has 4 rings (SSSR count). The summed E-state index contributed by atoms with van der Waals surface area (Å²) >= 11 is 0. The molecule has 33 heavy (non-hydrogen) atoms. The fourth-order valence-electron chi connectivity index (χ4n) is 3.29. The number of anilines is 1. The van der Waals surface area contributed by atoms with Crippen LogP contribution in [0.1, 0.15) is 29.3 Å². The van der Waals surface area contributed by atoms with Crippen LogP contribution in [0.5, 0.6) is 11.5 Å². The molecular formula is C24H28FIN4O3. The molecule has 0 fully saturated rings. The third-order valence-corrected chi connectivity index (χ3v) is 5.10. The molecule has 7 nitrogen and oxygen atoms in total. The van der Waals surface area contributed by atoms with Gasteiger partial charge in [0.2, 0.25) is 5.89 Å². The summed E-state index contributed by atoms with van der Waals surface area (Å²) in [7, 11) is 0. The van der Waals surface area contributed by atoms with Crippen molar-refractivity contribution in [3.8, 4) is 11.5 Å². The summed E-state index contributed by atoms with van der Waals surface area (Å²) in [5, 5.41) is 6.54. The van der Waals surface area contributed by atoms with Crippen molar-refractivity contribution < 1.29 is 18.3 Å². The summed E-state index contributed by atoms with van der Waals surface area (Å²) in [4.78, 5) is 8.98. The van der Waals surface area contributed by atoms with Crippen LogP contribution in [0.3, 0.4) is 0 Å². The maximum atomic E-state index is 13.9. The number of hydrogen-bond donors (Lipinski definition) is 2. The van der Waals surface area contributed by atoms with Crippen molar-refractivity contribution in [2.24, 2.45) is 4.99 Å². The highest BCUT2D eigenvalue weighted by Gasteiger charge is 2.12. The number of aromatic nitrogens is 1. The molecule has 9 heteroatoms. The van der Waals surface area contributed by atoms with Crippen molar-refractivity contribution in [1.82, 2.24) is 10.3 Å². The summed E-state index contributed by atoms with van der Waals surface area (Å²) in [6, 6.07) is 12.4. The normalized spacial score (nSPS) is 13.1. The van der Waals surface area contributed by atoms with Gasteiger partial charge in [0.25, 0.3) is 0 Å². The van der Waals surface area contributed by atoms with Gasteiger partial charge in [0.15, 0.2) is 17.5 Å². The predicted octanol–water partition coefficient (Wildman–Crippen LogP) is 5.01. The van der Waals surface area contributed by atoms with Gasteiger partial charge >= 0.3 is 0 Å². The molecule has 0 amide bonds. The van der Waals surface area contributed by atoms with Gasteiger partial charge in [0.05, 0.1) is 18.9 Å². The third kappa shape index (κ3) is 6.83. The lowest BCUT2D eigenvalue weighted by Gasteiger charge is -2.14. The van der Waals surface area contributed by atoms with Crippen molar-refractivity contribution in [2.75, 3.05) is 25.1 Å². The van der Waals surface area contributed by atoms with Gasteiger partial charge in [0.1, 0.15) is 18.1 Å². The van der Waals surface area contributed by atoms with Crippen LogP contribution in [-0.4, -0.2) is 30.7 Å². The van der Waals surface area contributed by atoms with Gasteiger partial charge in [-0.05, 0) is 44.0 Å². The number of hydrogen-bond acceptors (Lipinski definition) is 5. The molecule has 0 atom stereocenters. The molecule has 2 N–H and O–H groups in total. The molecule has 0 aliphatic carbocycles. The third-order valence-electron chi connectivity index (χ3n) is 5.10. The first kappa shape index (κ1) is 24.8. The minimum absolute atomic E-state index is 0. The fourth-order valence-corrected chi connectivity index (χ4v) is 3.29. The van der Waals surface area contributed by atoms with E-state index in [9.17, 15) is 4.39 Å². The van der Waals surface area contributed by atoms with Crippen molar-refractivity contribution in [3.05, 3.63) is 71.2 Å². The Hall–Kier alpha value is -2.82. The minimum Gasteiger partial charge on any atom is -0.490 e. The topological polar surface area (TPSA) is 80.9 Å². The van der Waals surface area contributed by atoms with E-state index in [0.29, 0.717) is 49.3 Å². The maximum absolute atomic E-state index is 13.9. The Balaban J connectivity index is 0.00000306. The Morgan fingerprint density at radius 2 is 1.88 bits per heavy atom. The van der Waals surface area contributed by atoms with Crippen LogP contribution in [0.25, 0.3) is 0 Å². The highest BCUT2D eigenvalue weighted by molar-refractivity contribution is 14.0. The fraction of sp³-hybridized carbons (Fsp3) is 0.333. The van der Waals surface area contributed by atoms with E-state index in [-0.39, 0.29) is 36.3 Å². The van der Waals surface area contributed by atoms with Gasteiger partial charge in [-0.2, -0.15) is 0 Å². The zero-order chi connectivity index (χ0) is 22.3. The van der Waals surface area contributed by atoms with Crippen molar-refractivity contribution >= 4 is 35.6 Å². The number of rotatable bonds is 6. The van der Waals surface area contributed by atoms with Crippen LogP contribution in [0, 0.1) is 19.7 Å². The highest BCUT2D eigenvalue weighted by atomic mass is 127. The number of aliphatic imine (C=N–C) groups is 1. The van der Waals surface area contributed by atoms with Crippen molar-refractivity contribution in [2.45, 2.75) is 33.2 Å². The second kappa shape index (κ2) is 11.9. The lowest BCUT2D eigenvalue weighted by atomic mass is 10.1. The summed E-state index contributed by atoms with van der Waals surface area (Å²) < 4.78 is 31.1. The predicted molar refractivity (Wildman–Crippen MR) is 136 cm³/mol. The number of guanidine groups is 1. The molecule has 0 saturated heterocycles. The highest BCUT2D eigenvalue weighted by Crippen LogP contribution is 2.32. The van der Waals surface area contributed by atoms with Crippen LogP contribution in [0.2, 0.25) is 0 Å². The van der Waals surface area contributed by atoms with Gasteiger partial charge in [-0.3, -0.25) is 0 Å². The van der Waals surface area contributed by atoms with Crippen molar-refractivity contribution in [3.63, 3.8) is 0 Å². The lowest BCUT2D eigenvalue weighted by molar-refractivity contribution is 0.297. The van der Waals surface area contributed by atoms with E-state index in [1.54, 1.807) is 12.1 Å². The molecule has 0 radical (unpaired) electrons. The zero-order valence-corrected chi connectivity index (χ0v) is 21.0. The quantitative estimate of drug-likeness (QED) is 0.248. The molecular weight excluding hydrogens is 538 g/mol.